The second-order valence-corrected chi connectivity index (χ2v) is 5.83. The van der Waals surface area contributed by atoms with Gasteiger partial charge >= 0.3 is 0 Å². The molecule has 0 aliphatic carbocycles. The minimum absolute atomic E-state index is 0.0368. The number of carbonyl (C=O) groups excluding carboxylic acids is 2. The van der Waals surface area contributed by atoms with Crippen LogP contribution in [0.3, 0.4) is 0 Å². The first-order valence-electron chi connectivity index (χ1n) is 5.99. The quantitative estimate of drug-likeness (QED) is 0.895. The number of halogens is 2. The Morgan fingerprint density at radius 2 is 2.21 bits per heavy atom. The molecular formula is C13H14BrClN2O2. The van der Waals surface area contributed by atoms with E-state index in [4.69, 9.17) is 11.6 Å². The van der Waals surface area contributed by atoms with Crippen molar-refractivity contribution >= 4 is 39.3 Å². The lowest BCUT2D eigenvalue weighted by Gasteiger charge is -2.17. The first-order chi connectivity index (χ1) is 8.97. The van der Waals surface area contributed by atoms with Crippen molar-refractivity contribution in [2.24, 2.45) is 0 Å². The Kier molecular flexibility index (Phi) is 4.47. The van der Waals surface area contributed by atoms with Crippen LogP contribution in [0.1, 0.15) is 23.7 Å². The van der Waals surface area contributed by atoms with Gasteiger partial charge in [0.25, 0.3) is 5.91 Å². The average molecular weight is 346 g/mol. The van der Waals surface area contributed by atoms with Crippen molar-refractivity contribution in [3.8, 4) is 0 Å². The van der Waals surface area contributed by atoms with Crippen molar-refractivity contribution in [1.29, 1.82) is 0 Å². The molecule has 4 nitrogen and oxygen atoms in total. The van der Waals surface area contributed by atoms with E-state index in [0.29, 0.717) is 28.1 Å². The number of nitrogens with one attached hydrogen (secondary N) is 1. The summed E-state index contributed by atoms with van der Waals surface area (Å²) in [5.74, 6) is -0.0984. The Morgan fingerprint density at radius 3 is 2.84 bits per heavy atom. The fourth-order valence-electron chi connectivity index (χ4n) is 2.16. The lowest BCUT2D eigenvalue weighted by atomic mass is 10.2. The molecule has 0 aromatic heterocycles. The fraction of sp³-hybridized carbons (Fsp3) is 0.385. The van der Waals surface area contributed by atoms with Gasteiger partial charge in [-0.25, -0.2) is 0 Å². The largest absolute Gasteiger partial charge is 0.352 e. The van der Waals surface area contributed by atoms with E-state index in [2.05, 4.69) is 21.2 Å². The van der Waals surface area contributed by atoms with Crippen LogP contribution in [0.5, 0.6) is 0 Å². The summed E-state index contributed by atoms with van der Waals surface area (Å²) in [7, 11) is 0. The first kappa shape index (κ1) is 14.3. The highest BCUT2D eigenvalue weighted by Crippen LogP contribution is 2.24. The van der Waals surface area contributed by atoms with Gasteiger partial charge in [-0.1, -0.05) is 11.6 Å². The Balaban J connectivity index is 2.04. The van der Waals surface area contributed by atoms with E-state index in [9.17, 15) is 9.59 Å². The summed E-state index contributed by atoms with van der Waals surface area (Å²) in [6.07, 6.45) is 0.792. The van der Waals surface area contributed by atoms with Crippen LogP contribution in [0.25, 0.3) is 0 Å². The second-order valence-electron chi connectivity index (χ2n) is 4.57. The number of nitrogens with zero attached hydrogens (tertiary/aromatic N) is 1. The van der Waals surface area contributed by atoms with Gasteiger partial charge in [0.2, 0.25) is 5.91 Å². The molecule has 102 valence electrons. The van der Waals surface area contributed by atoms with E-state index in [0.717, 1.165) is 6.42 Å². The summed E-state index contributed by atoms with van der Waals surface area (Å²) in [6, 6.07) is 5.18. The average Bonchev–Trinajstić information content (AvgIpc) is 2.79. The molecule has 1 heterocycles. The zero-order valence-corrected chi connectivity index (χ0v) is 12.8. The molecule has 2 rings (SSSR count). The van der Waals surface area contributed by atoms with Gasteiger partial charge < -0.3 is 10.2 Å². The van der Waals surface area contributed by atoms with Gasteiger partial charge in [-0.05, 0) is 40.5 Å². The molecule has 1 saturated heterocycles. The third kappa shape index (κ3) is 3.48. The summed E-state index contributed by atoms with van der Waals surface area (Å²) in [5, 5.41) is 3.41. The molecule has 2 amide bonds. The van der Waals surface area contributed by atoms with Crippen molar-refractivity contribution in [3.63, 3.8) is 0 Å². The highest BCUT2D eigenvalue weighted by Gasteiger charge is 2.27. The third-order valence-electron chi connectivity index (χ3n) is 3.05. The summed E-state index contributed by atoms with van der Waals surface area (Å²) in [5.41, 5.74) is 0.597. The number of amides is 2. The Labute approximate surface area is 125 Å². The van der Waals surface area contributed by atoms with E-state index in [1.54, 1.807) is 23.1 Å². The van der Waals surface area contributed by atoms with Crippen LogP contribution in [0.2, 0.25) is 5.02 Å². The molecule has 0 bridgehead atoms. The number of likely N-dealkylation sites (tertiary alicyclic amines) is 1. The van der Waals surface area contributed by atoms with E-state index < -0.39 is 0 Å². The predicted octanol–water partition coefficient (Wildman–Crippen LogP) is 2.45. The summed E-state index contributed by atoms with van der Waals surface area (Å²) >= 11 is 9.21. The Hall–Kier alpha value is -1.07. The number of benzene rings is 1. The lowest BCUT2D eigenvalue weighted by Crippen LogP contribution is -2.37. The highest BCUT2D eigenvalue weighted by molar-refractivity contribution is 9.10. The lowest BCUT2D eigenvalue weighted by molar-refractivity contribution is -0.119. The topological polar surface area (TPSA) is 49.4 Å². The summed E-state index contributed by atoms with van der Waals surface area (Å²) in [6.45, 7) is 2.70. The van der Waals surface area contributed by atoms with Gasteiger partial charge in [0, 0.05) is 36.1 Å². The maximum atomic E-state index is 12.3. The first-order valence-corrected chi connectivity index (χ1v) is 7.16. The third-order valence-corrected chi connectivity index (χ3v) is 4.26. The maximum absolute atomic E-state index is 12.3. The molecule has 0 saturated carbocycles. The zero-order chi connectivity index (χ0) is 14.0. The van der Waals surface area contributed by atoms with Crippen LogP contribution in [0.4, 0.5) is 0 Å². The number of hydrogen-bond donors (Lipinski definition) is 1. The van der Waals surface area contributed by atoms with Gasteiger partial charge in [-0.2, -0.15) is 0 Å². The van der Waals surface area contributed by atoms with Gasteiger partial charge in [0.05, 0.1) is 5.02 Å². The van der Waals surface area contributed by atoms with Crippen LogP contribution in [0.15, 0.2) is 22.7 Å². The van der Waals surface area contributed by atoms with Crippen molar-refractivity contribution < 1.29 is 9.59 Å². The molecule has 1 aliphatic heterocycles. The minimum Gasteiger partial charge on any atom is -0.352 e. The highest BCUT2D eigenvalue weighted by atomic mass is 79.9. The molecule has 1 N–H and O–H groups in total. The molecule has 1 unspecified atom stereocenters. The number of hydrogen-bond acceptors (Lipinski definition) is 2. The second kappa shape index (κ2) is 5.92. The fourth-order valence-corrected chi connectivity index (χ4v) is 2.66. The molecule has 1 atom stereocenters. The Bertz CT molecular complexity index is 521. The molecule has 1 aliphatic rings. The van der Waals surface area contributed by atoms with Crippen LogP contribution in [0, 0.1) is 0 Å². The zero-order valence-electron chi connectivity index (χ0n) is 10.5. The normalized spacial score (nSPS) is 18.5. The van der Waals surface area contributed by atoms with Gasteiger partial charge in [-0.3, -0.25) is 9.59 Å². The van der Waals surface area contributed by atoms with Crippen LogP contribution < -0.4 is 5.32 Å². The van der Waals surface area contributed by atoms with Crippen molar-refractivity contribution in [3.05, 3.63) is 33.3 Å². The van der Waals surface area contributed by atoms with E-state index in [-0.39, 0.29) is 17.9 Å². The molecule has 1 fully saturated rings. The molecular weight excluding hydrogens is 332 g/mol. The van der Waals surface area contributed by atoms with Gasteiger partial charge in [0.1, 0.15) is 0 Å². The molecule has 1 aromatic rings. The maximum Gasteiger partial charge on any atom is 0.253 e. The predicted molar refractivity (Wildman–Crippen MR) is 77.3 cm³/mol. The molecule has 6 heteroatoms. The SMILES string of the molecule is CC(=O)NC1CCN(C(=O)c2ccc(Cl)c(Br)c2)C1. The van der Waals surface area contributed by atoms with E-state index >= 15 is 0 Å². The van der Waals surface area contributed by atoms with Crippen LogP contribution in [-0.2, 0) is 4.79 Å². The smallest absolute Gasteiger partial charge is 0.253 e. The van der Waals surface area contributed by atoms with Crippen molar-refractivity contribution in [2.75, 3.05) is 13.1 Å². The number of rotatable bonds is 2. The molecule has 0 radical (unpaired) electrons. The molecule has 1 aromatic carbocycles. The van der Waals surface area contributed by atoms with E-state index in [1.807, 2.05) is 0 Å². The standard InChI is InChI=1S/C13H14BrClN2O2/c1-8(18)16-10-4-5-17(7-10)13(19)9-2-3-12(15)11(14)6-9/h2-3,6,10H,4-5,7H2,1H3,(H,16,18). The Morgan fingerprint density at radius 1 is 1.47 bits per heavy atom. The van der Waals surface area contributed by atoms with E-state index in [1.165, 1.54) is 6.92 Å². The summed E-state index contributed by atoms with van der Waals surface area (Å²) in [4.78, 5) is 25.0. The monoisotopic (exact) mass is 344 g/mol. The van der Waals surface area contributed by atoms with Crippen molar-refractivity contribution in [2.45, 2.75) is 19.4 Å². The van der Waals surface area contributed by atoms with Crippen LogP contribution in [-0.4, -0.2) is 35.8 Å². The van der Waals surface area contributed by atoms with Gasteiger partial charge in [0.15, 0.2) is 0 Å². The van der Waals surface area contributed by atoms with Crippen molar-refractivity contribution in [1.82, 2.24) is 10.2 Å². The molecule has 0 spiro atoms. The molecule has 19 heavy (non-hydrogen) atoms. The van der Waals surface area contributed by atoms with Crippen LogP contribution >= 0.6 is 27.5 Å². The number of carbonyl (C=O) groups is 2. The minimum atomic E-state index is -0.0615. The summed E-state index contributed by atoms with van der Waals surface area (Å²) < 4.78 is 0.706. The van der Waals surface area contributed by atoms with Gasteiger partial charge in [-0.15, -0.1) is 0 Å².